The van der Waals surface area contributed by atoms with Crippen LogP contribution >= 0.6 is 0 Å². The highest BCUT2D eigenvalue weighted by molar-refractivity contribution is 6.00. The second-order valence-corrected chi connectivity index (χ2v) is 13.3. The molecule has 0 saturated heterocycles. The van der Waals surface area contributed by atoms with Crippen LogP contribution in [0.1, 0.15) is 22.8 Å². The lowest BCUT2D eigenvalue weighted by molar-refractivity contribution is 0.404. The molecular weight excluding hydrogens is 713 g/mol. The standard InChI is InChI=1S/C44H30N4O8/c49-33-13-1-21(17-37(33)53)41-25-5-7-27(45-25)42(22-2-14-34(50)38(54)18-22)29-9-11-31(47-29)44(24-4-16-36(52)40(56)20-24)32-12-10-30(48-32)43(28-8-6-26(41)46-28)23-3-15-35(51)39(55)19-23/h1-20,45,48-56H. The normalized spacial score (nSPS) is 12.0. The zero-order valence-electron chi connectivity index (χ0n) is 29.0. The SMILES string of the molecule is Oc1ccc(-c2c3nc(c(-c4ccc(O)c(O)c4)c4ccc([nH]4)c(-c4ccc(O)c(O)c4)c4nc(c(-c5ccc(O)c(O)c5)c5ccc2[nH]5)C=C4)C=C3)cc1O. The maximum atomic E-state index is 10.6. The van der Waals surface area contributed by atoms with Gasteiger partial charge < -0.3 is 50.8 Å². The van der Waals surface area contributed by atoms with Gasteiger partial charge in [-0.1, -0.05) is 24.3 Å². The van der Waals surface area contributed by atoms with E-state index in [4.69, 9.17) is 9.97 Å². The van der Waals surface area contributed by atoms with Crippen LogP contribution in [0.3, 0.4) is 0 Å². The van der Waals surface area contributed by atoms with Gasteiger partial charge in [-0.05, 0) is 119 Å². The van der Waals surface area contributed by atoms with Gasteiger partial charge in [0, 0.05) is 44.3 Å². The van der Waals surface area contributed by atoms with Crippen molar-refractivity contribution in [2.75, 3.05) is 0 Å². The maximum absolute atomic E-state index is 10.6. The number of aromatic nitrogens is 4. The van der Waals surface area contributed by atoms with E-state index >= 15 is 0 Å². The Morgan fingerprint density at radius 1 is 0.286 bits per heavy atom. The lowest BCUT2D eigenvalue weighted by Crippen LogP contribution is -1.90. The van der Waals surface area contributed by atoms with Crippen LogP contribution in [-0.4, -0.2) is 60.8 Å². The summed E-state index contributed by atoms with van der Waals surface area (Å²) in [6, 6.07) is 25.2. The monoisotopic (exact) mass is 742 g/mol. The van der Waals surface area contributed by atoms with Crippen LogP contribution in [0.5, 0.6) is 46.0 Å². The average Bonchev–Trinajstić information content (AvgIpc) is 4.02. The predicted molar refractivity (Wildman–Crippen MR) is 214 cm³/mol. The number of aromatic hydroxyl groups is 8. The average molecular weight is 743 g/mol. The molecule has 0 aliphatic carbocycles. The third kappa shape index (κ3) is 5.65. The van der Waals surface area contributed by atoms with Gasteiger partial charge in [0.05, 0.1) is 22.8 Å². The van der Waals surface area contributed by atoms with Crippen molar-refractivity contribution in [1.82, 2.24) is 19.9 Å². The molecule has 274 valence electrons. The lowest BCUT2D eigenvalue weighted by Gasteiger charge is -2.08. The number of rotatable bonds is 4. The second kappa shape index (κ2) is 12.8. The van der Waals surface area contributed by atoms with E-state index in [-0.39, 0.29) is 46.0 Å². The highest BCUT2D eigenvalue weighted by Crippen LogP contribution is 2.42. The van der Waals surface area contributed by atoms with E-state index in [1.807, 2.05) is 24.3 Å². The summed E-state index contributed by atoms with van der Waals surface area (Å²) in [4.78, 5) is 17.1. The lowest BCUT2D eigenvalue weighted by atomic mass is 10.0. The fourth-order valence-corrected chi connectivity index (χ4v) is 7.14. The summed E-state index contributed by atoms with van der Waals surface area (Å²) >= 11 is 0. The van der Waals surface area contributed by atoms with Crippen molar-refractivity contribution in [3.05, 3.63) is 120 Å². The van der Waals surface area contributed by atoms with Crippen LogP contribution in [-0.2, 0) is 0 Å². The molecule has 0 amide bonds. The van der Waals surface area contributed by atoms with E-state index < -0.39 is 0 Å². The van der Waals surface area contributed by atoms with Gasteiger partial charge in [-0.15, -0.1) is 0 Å². The predicted octanol–water partition coefficient (Wildman–Crippen LogP) is 8.97. The number of phenols is 8. The molecule has 9 rings (SSSR count). The molecule has 0 unspecified atom stereocenters. The molecule has 7 aromatic rings. The largest absolute Gasteiger partial charge is 0.504 e. The Morgan fingerprint density at radius 2 is 0.518 bits per heavy atom. The first-order valence-electron chi connectivity index (χ1n) is 17.3. The third-order valence-corrected chi connectivity index (χ3v) is 9.81. The van der Waals surface area contributed by atoms with Crippen LogP contribution in [0.2, 0.25) is 0 Å². The molecule has 0 atom stereocenters. The van der Waals surface area contributed by atoms with Crippen LogP contribution in [0.4, 0.5) is 0 Å². The fraction of sp³-hybridized carbons (Fsp3) is 0. The van der Waals surface area contributed by atoms with Gasteiger partial charge in [-0.2, -0.15) is 0 Å². The molecule has 5 heterocycles. The Morgan fingerprint density at radius 3 is 0.732 bits per heavy atom. The molecule has 2 aliphatic rings. The molecule has 0 fully saturated rings. The van der Waals surface area contributed by atoms with Gasteiger partial charge in [0.1, 0.15) is 0 Å². The Kier molecular flexibility index (Phi) is 7.69. The number of aromatic amines is 2. The summed E-state index contributed by atoms with van der Waals surface area (Å²) in [5.74, 6) is -2.51. The van der Waals surface area contributed by atoms with Gasteiger partial charge in [-0.3, -0.25) is 0 Å². The first kappa shape index (κ1) is 33.7. The summed E-state index contributed by atoms with van der Waals surface area (Å²) in [5.41, 5.74) is 8.63. The summed E-state index contributed by atoms with van der Waals surface area (Å²) in [7, 11) is 0. The van der Waals surface area contributed by atoms with E-state index in [0.717, 1.165) is 0 Å². The second-order valence-electron chi connectivity index (χ2n) is 13.3. The number of fused-ring (bicyclic) bond motifs is 8. The third-order valence-electron chi connectivity index (χ3n) is 9.81. The molecule has 12 heteroatoms. The van der Waals surface area contributed by atoms with Crippen molar-refractivity contribution in [2.24, 2.45) is 0 Å². The molecule has 2 aliphatic heterocycles. The summed E-state index contributed by atoms with van der Waals surface area (Å²) in [6.07, 6.45) is 7.23. The van der Waals surface area contributed by atoms with Crippen LogP contribution in [0, 0.1) is 0 Å². The number of phenolic OH excluding ortho intramolecular Hbond substituents is 8. The molecular formula is C44H30N4O8. The van der Waals surface area contributed by atoms with E-state index in [9.17, 15) is 40.9 Å². The van der Waals surface area contributed by atoms with Gasteiger partial charge in [0.2, 0.25) is 0 Å². The van der Waals surface area contributed by atoms with E-state index in [1.165, 1.54) is 48.5 Å². The maximum Gasteiger partial charge on any atom is 0.158 e. The summed E-state index contributed by atoms with van der Waals surface area (Å²) < 4.78 is 0. The zero-order chi connectivity index (χ0) is 38.8. The number of nitrogens with zero attached hydrogens (tertiary/aromatic N) is 2. The van der Waals surface area contributed by atoms with Crippen molar-refractivity contribution < 1.29 is 40.9 Å². The molecule has 8 bridgehead atoms. The quantitative estimate of drug-likeness (QED) is 0.0771. The highest BCUT2D eigenvalue weighted by Gasteiger charge is 2.21. The molecule has 0 radical (unpaired) electrons. The number of hydrogen-bond donors (Lipinski definition) is 10. The van der Waals surface area contributed by atoms with Crippen molar-refractivity contribution in [3.63, 3.8) is 0 Å². The minimum absolute atomic E-state index is 0.296. The van der Waals surface area contributed by atoms with E-state index in [2.05, 4.69) is 9.97 Å². The number of H-pyrrole nitrogens is 2. The van der Waals surface area contributed by atoms with Gasteiger partial charge in [0.15, 0.2) is 46.0 Å². The van der Waals surface area contributed by atoms with Crippen LogP contribution in [0.25, 0.3) is 90.9 Å². The Hall–Kier alpha value is -8.12. The van der Waals surface area contributed by atoms with Crippen molar-refractivity contribution in [3.8, 4) is 90.5 Å². The van der Waals surface area contributed by atoms with E-state index in [0.29, 0.717) is 89.4 Å². The number of hydrogen-bond acceptors (Lipinski definition) is 10. The van der Waals surface area contributed by atoms with Crippen molar-refractivity contribution >= 4 is 46.4 Å². The highest BCUT2D eigenvalue weighted by atomic mass is 16.3. The summed E-state index contributed by atoms with van der Waals surface area (Å²) in [5, 5.41) is 83.3. The molecule has 56 heavy (non-hydrogen) atoms. The minimum atomic E-state index is -0.333. The summed E-state index contributed by atoms with van der Waals surface area (Å²) in [6.45, 7) is 0. The van der Waals surface area contributed by atoms with Gasteiger partial charge in [0.25, 0.3) is 0 Å². The Bertz CT molecular complexity index is 2640. The van der Waals surface area contributed by atoms with Crippen molar-refractivity contribution in [1.29, 1.82) is 0 Å². The molecule has 4 aromatic carbocycles. The molecule has 12 nitrogen and oxygen atoms in total. The topological polar surface area (TPSA) is 219 Å². The van der Waals surface area contributed by atoms with E-state index in [1.54, 1.807) is 48.6 Å². The molecule has 0 spiro atoms. The van der Waals surface area contributed by atoms with Crippen LogP contribution in [0.15, 0.2) is 97.1 Å². The number of nitrogens with one attached hydrogen (secondary N) is 2. The van der Waals surface area contributed by atoms with Gasteiger partial charge in [-0.25, -0.2) is 9.97 Å². The fourth-order valence-electron chi connectivity index (χ4n) is 7.14. The smallest absolute Gasteiger partial charge is 0.158 e. The first-order valence-corrected chi connectivity index (χ1v) is 17.3. The van der Waals surface area contributed by atoms with Gasteiger partial charge >= 0.3 is 0 Å². The minimum Gasteiger partial charge on any atom is -0.504 e. The Balaban J connectivity index is 1.48. The number of benzene rings is 4. The van der Waals surface area contributed by atoms with Crippen LogP contribution < -0.4 is 0 Å². The molecule has 0 saturated carbocycles. The first-order chi connectivity index (χ1) is 27.0. The molecule has 3 aromatic heterocycles. The molecule has 10 N–H and O–H groups in total. The Labute approximate surface area is 316 Å². The van der Waals surface area contributed by atoms with Crippen molar-refractivity contribution in [2.45, 2.75) is 0 Å². The zero-order valence-corrected chi connectivity index (χ0v) is 29.0.